The van der Waals surface area contributed by atoms with Crippen LogP contribution in [0.4, 0.5) is 0 Å². The minimum absolute atomic E-state index is 0.0404. The molecule has 27 heavy (non-hydrogen) atoms. The van der Waals surface area contributed by atoms with Crippen LogP contribution in [0.1, 0.15) is 46.0 Å². The van der Waals surface area contributed by atoms with Crippen LogP contribution in [-0.4, -0.2) is 36.6 Å². The van der Waals surface area contributed by atoms with E-state index in [-0.39, 0.29) is 16.8 Å². The fourth-order valence-corrected chi connectivity index (χ4v) is 4.07. The number of nitrogens with one attached hydrogen (secondary N) is 1. The largest absolute Gasteiger partial charge is 0.355 e. The van der Waals surface area contributed by atoms with Crippen LogP contribution < -0.4 is 0 Å². The minimum Gasteiger partial charge on any atom is -0.355 e. The third-order valence-electron chi connectivity index (χ3n) is 4.55. The first kappa shape index (κ1) is 19.1. The third kappa shape index (κ3) is 3.60. The second-order valence-electron chi connectivity index (χ2n) is 6.54. The fourth-order valence-electron chi connectivity index (χ4n) is 3.20. The number of carbonyl (C=O) groups excluding carboxylic acids is 2. The Labute approximate surface area is 162 Å². The summed E-state index contributed by atoms with van der Waals surface area (Å²) in [7, 11) is 1.89. The zero-order valence-electron chi connectivity index (χ0n) is 16.0. The quantitative estimate of drug-likeness (QED) is 0.515. The molecule has 0 aliphatic heterocycles. The summed E-state index contributed by atoms with van der Waals surface area (Å²) in [6.45, 7) is 6.97. The van der Waals surface area contributed by atoms with Gasteiger partial charge in [0, 0.05) is 23.9 Å². The van der Waals surface area contributed by atoms with E-state index in [4.69, 9.17) is 0 Å². The van der Waals surface area contributed by atoms with Gasteiger partial charge in [-0.15, -0.1) is 10.2 Å². The van der Waals surface area contributed by atoms with E-state index in [0.29, 0.717) is 22.0 Å². The predicted octanol–water partition coefficient (Wildman–Crippen LogP) is 3.99. The molecule has 7 heteroatoms. The van der Waals surface area contributed by atoms with E-state index in [1.54, 1.807) is 6.92 Å². The van der Waals surface area contributed by atoms with Crippen LogP contribution in [0, 0.1) is 13.8 Å². The second kappa shape index (κ2) is 7.52. The number of benzene rings is 1. The molecular weight excluding hydrogens is 360 g/mol. The summed E-state index contributed by atoms with van der Waals surface area (Å²) in [5, 5.41) is 8.80. The molecule has 0 aliphatic carbocycles. The van der Waals surface area contributed by atoms with E-state index in [9.17, 15) is 9.59 Å². The van der Waals surface area contributed by atoms with Gasteiger partial charge in [-0.25, -0.2) is 0 Å². The molecule has 2 aromatic heterocycles. The molecule has 1 atom stereocenters. The Kier molecular flexibility index (Phi) is 5.32. The number of aryl methyl sites for hydroxylation is 1. The maximum absolute atomic E-state index is 12.9. The molecule has 1 N–H and O–H groups in total. The highest BCUT2D eigenvalue weighted by Crippen LogP contribution is 2.29. The molecule has 0 bridgehead atoms. The van der Waals surface area contributed by atoms with Crippen molar-refractivity contribution in [3.63, 3.8) is 0 Å². The highest BCUT2D eigenvalue weighted by molar-refractivity contribution is 8.00. The van der Waals surface area contributed by atoms with Crippen LogP contribution in [0.3, 0.4) is 0 Å². The smallest absolute Gasteiger partial charge is 0.192 e. The SMILES string of the molecule is CC(=O)c1c(C)[nH]c(C(=O)[C@@H](C)Sc2nnc(-c3ccccc3)n2C)c1C. The van der Waals surface area contributed by atoms with Crippen LogP contribution in [0.15, 0.2) is 35.5 Å². The Morgan fingerprint density at radius 3 is 2.41 bits per heavy atom. The van der Waals surface area contributed by atoms with Gasteiger partial charge in [-0.2, -0.15) is 0 Å². The van der Waals surface area contributed by atoms with Crippen molar-refractivity contribution in [2.45, 2.75) is 38.1 Å². The molecular formula is C20H22N4O2S. The number of aromatic nitrogens is 4. The molecule has 0 fully saturated rings. The lowest BCUT2D eigenvalue weighted by atomic mass is 10.0. The van der Waals surface area contributed by atoms with Gasteiger partial charge in [-0.3, -0.25) is 9.59 Å². The molecule has 0 spiro atoms. The Hall–Kier alpha value is -2.67. The molecule has 0 unspecified atom stereocenters. The predicted molar refractivity (Wildman–Crippen MR) is 106 cm³/mol. The lowest BCUT2D eigenvalue weighted by Crippen LogP contribution is -2.16. The summed E-state index contributed by atoms with van der Waals surface area (Å²) >= 11 is 1.36. The van der Waals surface area contributed by atoms with Crippen LogP contribution >= 0.6 is 11.8 Å². The van der Waals surface area contributed by atoms with Gasteiger partial charge in [0.05, 0.1) is 10.9 Å². The molecule has 0 saturated heterocycles. The normalized spacial score (nSPS) is 12.2. The maximum atomic E-state index is 12.9. The van der Waals surface area contributed by atoms with Crippen molar-refractivity contribution in [2.75, 3.05) is 0 Å². The molecule has 0 aliphatic rings. The van der Waals surface area contributed by atoms with E-state index < -0.39 is 0 Å². The van der Waals surface area contributed by atoms with Crippen LogP contribution in [0.25, 0.3) is 11.4 Å². The minimum atomic E-state index is -0.368. The number of rotatable bonds is 6. The summed E-state index contributed by atoms with van der Waals surface area (Å²) in [5.41, 5.74) is 3.50. The summed E-state index contributed by atoms with van der Waals surface area (Å²) in [6, 6.07) is 9.80. The number of aromatic amines is 1. The number of nitrogens with zero attached hydrogens (tertiary/aromatic N) is 3. The molecule has 3 aromatic rings. The lowest BCUT2D eigenvalue weighted by Gasteiger charge is -2.10. The third-order valence-corrected chi connectivity index (χ3v) is 5.69. The first-order chi connectivity index (χ1) is 12.8. The van der Waals surface area contributed by atoms with E-state index in [2.05, 4.69) is 15.2 Å². The number of H-pyrrole nitrogens is 1. The van der Waals surface area contributed by atoms with Crippen molar-refractivity contribution >= 4 is 23.3 Å². The topological polar surface area (TPSA) is 80.6 Å². The van der Waals surface area contributed by atoms with Crippen molar-refractivity contribution in [1.82, 2.24) is 19.7 Å². The van der Waals surface area contributed by atoms with Gasteiger partial charge in [0.2, 0.25) is 0 Å². The van der Waals surface area contributed by atoms with Crippen molar-refractivity contribution < 1.29 is 9.59 Å². The van der Waals surface area contributed by atoms with Crippen LogP contribution in [0.2, 0.25) is 0 Å². The van der Waals surface area contributed by atoms with Gasteiger partial charge in [0.15, 0.2) is 22.5 Å². The Morgan fingerprint density at radius 1 is 1.15 bits per heavy atom. The van der Waals surface area contributed by atoms with E-state index in [1.165, 1.54) is 18.7 Å². The van der Waals surface area contributed by atoms with E-state index in [0.717, 1.165) is 17.1 Å². The summed E-state index contributed by atoms with van der Waals surface area (Å²) in [4.78, 5) is 27.8. The Morgan fingerprint density at radius 2 is 1.81 bits per heavy atom. The number of ketones is 2. The Bertz CT molecular complexity index is 1000. The zero-order valence-corrected chi connectivity index (χ0v) is 16.8. The highest BCUT2D eigenvalue weighted by Gasteiger charge is 2.25. The lowest BCUT2D eigenvalue weighted by molar-refractivity contribution is 0.0988. The fraction of sp³-hybridized carbons (Fsp3) is 0.300. The van der Waals surface area contributed by atoms with Crippen LogP contribution in [0.5, 0.6) is 0 Å². The molecule has 0 radical (unpaired) electrons. The Balaban J connectivity index is 1.83. The first-order valence-corrected chi connectivity index (χ1v) is 9.55. The average Bonchev–Trinajstić information content (AvgIpc) is 3.14. The summed E-state index contributed by atoms with van der Waals surface area (Å²) < 4.78 is 1.89. The molecule has 6 nitrogen and oxygen atoms in total. The number of hydrogen-bond acceptors (Lipinski definition) is 5. The molecule has 0 amide bonds. The highest BCUT2D eigenvalue weighted by atomic mass is 32.2. The van der Waals surface area contributed by atoms with Gasteiger partial charge >= 0.3 is 0 Å². The van der Waals surface area contributed by atoms with Gasteiger partial charge in [-0.05, 0) is 33.3 Å². The van der Waals surface area contributed by atoms with Gasteiger partial charge < -0.3 is 9.55 Å². The summed E-state index contributed by atoms with van der Waals surface area (Å²) in [5.74, 6) is 0.655. The van der Waals surface area contributed by atoms with Gasteiger partial charge in [0.25, 0.3) is 0 Å². The van der Waals surface area contributed by atoms with Crippen molar-refractivity contribution in [2.24, 2.45) is 7.05 Å². The number of thioether (sulfide) groups is 1. The first-order valence-electron chi connectivity index (χ1n) is 8.67. The van der Waals surface area contributed by atoms with E-state index in [1.807, 2.05) is 55.8 Å². The average molecular weight is 382 g/mol. The second-order valence-corrected chi connectivity index (χ2v) is 7.84. The van der Waals surface area contributed by atoms with E-state index >= 15 is 0 Å². The molecule has 0 saturated carbocycles. The molecule has 3 rings (SSSR count). The monoisotopic (exact) mass is 382 g/mol. The number of Topliss-reactive ketones (excluding diaryl/α,β-unsaturated/α-hetero) is 2. The van der Waals surface area contributed by atoms with Gasteiger partial charge in [0.1, 0.15) is 0 Å². The van der Waals surface area contributed by atoms with Crippen molar-refractivity contribution in [1.29, 1.82) is 0 Å². The van der Waals surface area contributed by atoms with Gasteiger partial charge in [-0.1, -0.05) is 42.1 Å². The van der Waals surface area contributed by atoms with Crippen LogP contribution in [-0.2, 0) is 7.05 Å². The number of hydrogen-bond donors (Lipinski definition) is 1. The van der Waals surface area contributed by atoms with Crippen molar-refractivity contribution in [3.8, 4) is 11.4 Å². The van der Waals surface area contributed by atoms with Crippen molar-refractivity contribution in [3.05, 3.63) is 52.8 Å². The molecule has 140 valence electrons. The molecule has 1 aromatic carbocycles. The zero-order chi connectivity index (χ0) is 19.7. The standard InChI is InChI=1S/C20H22N4O2S/c1-11-16(13(3)25)12(2)21-17(11)18(26)14(4)27-20-23-22-19(24(20)5)15-9-7-6-8-10-15/h6-10,14,21H,1-5H3/t14-/m1/s1. The maximum Gasteiger partial charge on any atom is 0.192 e. The summed E-state index contributed by atoms with van der Waals surface area (Å²) in [6.07, 6.45) is 0. The molecule has 2 heterocycles. The number of carbonyl (C=O) groups is 2.